The maximum atomic E-state index is 13.3. The Balaban J connectivity index is 0.00000141. The molecule has 35 heavy (non-hydrogen) atoms. The van der Waals surface area contributed by atoms with Crippen molar-refractivity contribution in [2.45, 2.75) is 26.3 Å². The van der Waals surface area contributed by atoms with E-state index < -0.39 is 22.0 Å². The number of hydrogen-bond donors (Lipinski definition) is 0. The number of aromatic nitrogens is 5. The molecule has 0 saturated carbocycles. The zero-order chi connectivity index (χ0) is 25.1. The largest absolute Gasteiger partial charge is 0.333 e. The molecule has 0 bridgehead atoms. The highest BCUT2D eigenvalue weighted by molar-refractivity contribution is 7.83. The molecule has 180 valence electrons. The summed E-state index contributed by atoms with van der Waals surface area (Å²) in [6.45, 7) is 4.39. The molecule has 3 aromatic heterocycles. The van der Waals surface area contributed by atoms with E-state index in [0.29, 0.717) is 17.6 Å². The standard InChI is InChI=1S/C24H21N5O3S.C2H6/c1-27-23(30)20-21(17-10-12-25-13-11-17)29(26-22(20)28(24(27)31)15-33(2)32)14-18-8-5-7-16-6-3-4-9-19(16)18;1-2/h3-13H,14-15H2,1-2H3;1-2H3. The third kappa shape index (κ3) is 4.46. The summed E-state index contributed by atoms with van der Waals surface area (Å²) in [7, 11) is 0.120. The van der Waals surface area contributed by atoms with Gasteiger partial charge in [-0.1, -0.05) is 56.3 Å². The van der Waals surface area contributed by atoms with Crippen LogP contribution in [-0.4, -0.2) is 34.4 Å². The maximum Gasteiger partial charge on any atom is 0.333 e. The molecule has 0 radical (unpaired) electrons. The summed E-state index contributed by atoms with van der Waals surface area (Å²) in [4.78, 5) is 30.2. The molecule has 0 aliphatic heterocycles. The predicted octanol–water partition coefficient (Wildman–Crippen LogP) is 3.52. The lowest BCUT2D eigenvalue weighted by atomic mass is 10.0. The Morgan fingerprint density at radius 3 is 2.34 bits per heavy atom. The zero-order valence-electron chi connectivity index (χ0n) is 20.1. The molecule has 0 N–H and O–H groups in total. The van der Waals surface area contributed by atoms with Gasteiger partial charge in [-0.25, -0.2) is 4.79 Å². The molecule has 2 aromatic carbocycles. The van der Waals surface area contributed by atoms with E-state index in [2.05, 4.69) is 11.1 Å². The van der Waals surface area contributed by atoms with Crippen LogP contribution in [0, 0.1) is 0 Å². The Labute approximate surface area is 204 Å². The van der Waals surface area contributed by atoms with Crippen LogP contribution in [0.3, 0.4) is 0 Å². The molecule has 5 aromatic rings. The van der Waals surface area contributed by atoms with Crippen LogP contribution >= 0.6 is 0 Å². The van der Waals surface area contributed by atoms with Crippen LogP contribution in [-0.2, 0) is 30.3 Å². The van der Waals surface area contributed by atoms with E-state index in [1.54, 1.807) is 17.1 Å². The number of rotatable bonds is 5. The lowest BCUT2D eigenvalue weighted by Crippen LogP contribution is -2.38. The van der Waals surface area contributed by atoms with Crippen molar-refractivity contribution in [1.82, 2.24) is 23.9 Å². The Kier molecular flexibility index (Phi) is 7.07. The first-order valence-corrected chi connectivity index (χ1v) is 13.1. The van der Waals surface area contributed by atoms with Crippen LogP contribution in [0.15, 0.2) is 76.6 Å². The molecule has 3 heterocycles. The third-order valence-corrected chi connectivity index (χ3v) is 6.31. The quantitative estimate of drug-likeness (QED) is 0.377. The van der Waals surface area contributed by atoms with Gasteiger partial charge in [-0.3, -0.25) is 27.8 Å². The first kappa shape index (κ1) is 24.3. The first-order valence-electron chi connectivity index (χ1n) is 11.3. The number of nitrogens with zero attached hydrogens (tertiary/aromatic N) is 5. The van der Waals surface area contributed by atoms with Gasteiger partial charge in [0.2, 0.25) is 0 Å². The molecule has 0 aliphatic carbocycles. The van der Waals surface area contributed by atoms with Crippen LogP contribution in [0.2, 0.25) is 0 Å². The lowest BCUT2D eigenvalue weighted by molar-refractivity contribution is 0.651. The normalized spacial score (nSPS) is 11.9. The highest BCUT2D eigenvalue weighted by atomic mass is 32.2. The number of hydrogen-bond acceptors (Lipinski definition) is 5. The predicted molar refractivity (Wildman–Crippen MR) is 141 cm³/mol. The molecule has 8 nitrogen and oxygen atoms in total. The maximum absolute atomic E-state index is 13.3. The van der Waals surface area contributed by atoms with E-state index in [9.17, 15) is 13.8 Å². The Morgan fingerprint density at radius 2 is 1.63 bits per heavy atom. The van der Waals surface area contributed by atoms with Gasteiger partial charge in [0.15, 0.2) is 5.65 Å². The van der Waals surface area contributed by atoms with E-state index in [1.165, 1.54) is 17.9 Å². The average Bonchev–Trinajstić information content (AvgIpc) is 3.26. The summed E-state index contributed by atoms with van der Waals surface area (Å²) < 4.78 is 16.1. The minimum absolute atomic E-state index is 0.0511. The summed E-state index contributed by atoms with van der Waals surface area (Å²) in [5, 5.41) is 7.22. The monoisotopic (exact) mass is 489 g/mol. The average molecular weight is 490 g/mol. The van der Waals surface area contributed by atoms with Crippen LogP contribution < -0.4 is 11.2 Å². The zero-order valence-corrected chi connectivity index (χ0v) is 21.0. The van der Waals surface area contributed by atoms with Crippen LogP contribution in [0.5, 0.6) is 0 Å². The molecule has 1 atom stereocenters. The van der Waals surface area contributed by atoms with Crippen molar-refractivity contribution in [3.05, 3.63) is 93.4 Å². The van der Waals surface area contributed by atoms with Gasteiger partial charge in [-0.05, 0) is 28.5 Å². The summed E-state index contributed by atoms with van der Waals surface area (Å²) in [6, 6.07) is 17.8. The molecule has 0 amide bonds. The number of benzene rings is 2. The van der Waals surface area contributed by atoms with Crippen molar-refractivity contribution in [2.24, 2.45) is 7.05 Å². The van der Waals surface area contributed by atoms with Gasteiger partial charge in [0, 0.05) is 42.1 Å². The van der Waals surface area contributed by atoms with Gasteiger partial charge < -0.3 is 0 Å². The minimum Gasteiger partial charge on any atom is -0.268 e. The first-order chi connectivity index (χ1) is 17.0. The highest BCUT2D eigenvalue weighted by Gasteiger charge is 2.23. The topological polar surface area (TPSA) is 91.8 Å². The molecular formula is C26H27N5O3S. The lowest BCUT2D eigenvalue weighted by Gasteiger charge is -2.10. The Morgan fingerprint density at radius 1 is 0.943 bits per heavy atom. The van der Waals surface area contributed by atoms with Crippen molar-refractivity contribution >= 4 is 32.6 Å². The van der Waals surface area contributed by atoms with Gasteiger partial charge in [0.25, 0.3) is 5.56 Å². The molecule has 0 fully saturated rings. The fourth-order valence-corrected chi connectivity index (χ4v) is 4.77. The van der Waals surface area contributed by atoms with Crippen molar-refractivity contribution in [3.8, 4) is 11.3 Å². The molecule has 1 unspecified atom stereocenters. The van der Waals surface area contributed by atoms with E-state index in [0.717, 1.165) is 26.5 Å². The molecule has 0 aliphatic rings. The second-order valence-corrected chi connectivity index (χ2v) is 9.26. The smallest absolute Gasteiger partial charge is 0.268 e. The second kappa shape index (κ2) is 10.2. The number of fused-ring (bicyclic) bond motifs is 2. The third-order valence-electron chi connectivity index (χ3n) is 5.69. The fourth-order valence-electron chi connectivity index (χ4n) is 4.17. The van der Waals surface area contributed by atoms with Gasteiger partial charge in [-0.2, -0.15) is 5.10 Å². The Bertz CT molecular complexity index is 1650. The second-order valence-electron chi connectivity index (χ2n) is 7.86. The van der Waals surface area contributed by atoms with Gasteiger partial charge in [0.05, 0.1) is 12.2 Å². The van der Waals surface area contributed by atoms with Crippen LogP contribution in [0.1, 0.15) is 19.4 Å². The fraction of sp³-hybridized carbons (Fsp3) is 0.231. The van der Waals surface area contributed by atoms with Crippen molar-refractivity contribution < 1.29 is 4.21 Å². The van der Waals surface area contributed by atoms with Crippen molar-refractivity contribution in [3.63, 3.8) is 0 Å². The van der Waals surface area contributed by atoms with Crippen LogP contribution in [0.4, 0.5) is 0 Å². The molecule has 5 rings (SSSR count). The van der Waals surface area contributed by atoms with E-state index in [4.69, 9.17) is 5.10 Å². The van der Waals surface area contributed by atoms with Crippen molar-refractivity contribution in [2.75, 3.05) is 6.26 Å². The summed E-state index contributed by atoms with van der Waals surface area (Å²) in [5.74, 6) is -0.0511. The van der Waals surface area contributed by atoms with Crippen LogP contribution in [0.25, 0.3) is 33.1 Å². The van der Waals surface area contributed by atoms with Gasteiger partial charge in [-0.15, -0.1) is 0 Å². The summed E-state index contributed by atoms with van der Waals surface area (Å²) in [6.07, 6.45) is 4.82. The van der Waals surface area contributed by atoms with E-state index in [-0.39, 0.29) is 11.5 Å². The molecule has 0 spiro atoms. The molecule has 0 saturated heterocycles. The van der Waals surface area contributed by atoms with Crippen molar-refractivity contribution in [1.29, 1.82) is 0 Å². The Hall–Kier alpha value is -3.85. The molecule has 9 heteroatoms. The number of pyridine rings is 1. The SMILES string of the molecule is CC.Cn1c(=O)c2c(-c3ccncc3)n(Cc3cccc4ccccc34)nc2n(CS(C)=O)c1=O. The highest BCUT2D eigenvalue weighted by Crippen LogP contribution is 2.28. The van der Waals surface area contributed by atoms with E-state index in [1.807, 2.05) is 62.4 Å². The van der Waals surface area contributed by atoms with Gasteiger partial charge in [0.1, 0.15) is 11.3 Å². The summed E-state index contributed by atoms with van der Waals surface area (Å²) in [5.41, 5.74) is 1.62. The van der Waals surface area contributed by atoms with Gasteiger partial charge >= 0.3 is 5.69 Å². The summed E-state index contributed by atoms with van der Waals surface area (Å²) >= 11 is 0. The molecular weight excluding hydrogens is 462 g/mol. The minimum atomic E-state index is -1.31. The van der Waals surface area contributed by atoms with E-state index >= 15 is 0 Å².